The van der Waals surface area contributed by atoms with E-state index in [1.165, 1.54) is 6.07 Å². The maximum Gasteiger partial charge on any atom is 0.335 e. The number of non-ortho nitro benzene ring substituents is 1. The van der Waals surface area contributed by atoms with E-state index in [9.17, 15) is 19.7 Å². The molecule has 0 radical (unpaired) electrons. The lowest BCUT2D eigenvalue weighted by atomic mass is 10.1. The van der Waals surface area contributed by atoms with E-state index in [4.69, 9.17) is 5.11 Å². The monoisotopic (exact) mass is 306 g/mol. The Morgan fingerprint density at radius 3 is 2.45 bits per heavy atom. The molecule has 0 unspecified atom stereocenters. The summed E-state index contributed by atoms with van der Waals surface area (Å²) in [5, 5.41) is 20.0. The number of carbonyl (C=O) groups is 2. The van der Waals surface area contributed by atoms with E-state index in [1.807, 2.05) is 6.92 Å². The van der Waals surface area contributed by atoms with Crippen LogP contribution >= 0.6 is 0 Å². The summed E-state index contributed by atoms with van der Waals surface area (Å²) in [5.41, 5.74) is -0.577. The van der Waals surface area contributed by atoms with Crippen molar-refractivity contribution >= 4 is 17.6 Å². The average Bonchev–Trinajstić information content (AvgIpc) is 3.29. The zero-order valence-corrected chi connectivity index (χ0v) is 12.3. The second kappa shape index (κ2) is 6.55. The molecule has 0 spiro atoms. The number of rotatable bonds is 7. The third-order valence-electron chi connectivity index (χ3n) is 3.58. The highest BCUT2D eigenvalue weighted by Crippen LogP contribution is 2.30. The van der Waals surface area contributed by atoms with Crippen LogP contribution in [0.4, 0.5) is 5.69 Å². The second-order valence-corrected chi connectivity index (χ2v) is 5.53. The highest BCUT2D eigenvalue weighted by atomic mass is 16.6. The van der Waals surface area contributed by atoms with Crippen molar-refractivity contribution in [1.82, 2.24) is 4.90 Å². The van der Waals surface area contributed by atoms with Crippen LogP contribution in [0.1, 0.15) is 46.9 Å². The summed E-state index contributed by atoms with van der Waals surface area (Å²) in [7, 11) is 0. The first-order valence-corrected chi connectivity index (χ1v) is 7.24. The minimum absolute atomic E-state index is 0.0562. The van der Waals surface area contributed by atoms with Crippen molar-refractivity contribution in [3.63, 3.8) is 0 Å². The van der Waals surface area contributed by atoms with Crippen molar-refractivity contribution in [2.45, 2.75) is 26.2 Å². The molecule has 0 atom stereocenters. The Morgan fingerprint density at radius 1 is 1.32 bits per heavy atom. The molecule has 1 fully saturated rings. The van der Waals surface area contributed by atoms with Crippen LogP contribution in [0.2, 0.25) is 0 Å². The van der Waals surface area contributed by atoms with E-state index in [-0.39, 0.29) is 22.7 Å². The molecule has 1 aliphatic carbocycles. The van der Waals surface area contributed by atoms with Crippen molar-refractivity contribution < 1.29 is 19.6 Å². The fourth-order valence-electron chi connectivity index (χ4n) is 2.30. The number of nitro groups is 1. The van der Waals surface area contributed by atoms with E-state index >= 15 is 0 Å². The van der Waals surface area contributed by atoms with Gasteiger partial charge in [-0.1, -0.05) is 6.92 Å². The standard InChI is InChI=1S/C15H18N2O5/c1-2-5-16(9-10-3-4-10)14(18)11-6-12(15(19)20)8-13(7-11)17(21)22/h6-8,10H,2-5,9H2,1H3,(H,19,20). The summed E-state index contributed by atoms with van der Waals surface area (Å²) >= 11 is 0. The van der Waals surface area contributed by atoms with Crippen molar-refractivity contribution in [2.24, 2.45) is 5.92 Å². The van der Waals surface area contributed by atoms with Gasteiger partial charge < -0.3 is 10.0 Å². The van der Waals surface area contributed by atoms with Gasteiger partial charge in [-0.25, -0.2) is 4.79 Å². The Balaban J connectivity index is 2.33. The normalized spacial score (nSPS) is 13.7. The molecule has 0 aliphatic heterocycles. The van der Waals surface area contributed by atoms with E-state index in [2.05, 4.69) is 0 Å². The van der Waals surface area contributed by atoms with Crippen molar-refractivity contribution in [3.8, 4) is 0 Å². The molecule has 118 valence electrons. The number of nitrogens with zero attached hydrogens (tertiary/aromatic N) is 2. The van der Waals surface area contributed by atoms with E-state index in [0.717, 1.165) is 31.4 Å². The van der Waals surface area contributed by atoms with Gasteiger partial charge in [0.15, 0.2) is 0 Å². The molecular weight excluding hydrogens is 288 g/mol. The van der Waals surface area contributed by atoms with Crippen LogP contribution in [0.15, 0.2) is 18.2 Å². The number of hydrogen-bond acceptors (Lipinski definition) is 4. The molecule has 0 heterocycles. The minimum atomic E-state index is -1.29. The molecule has 0 saturated heterocycles. The number of carbonyl (C=O) groups excluding carboxylic acids is 1. The fourth-order valence-corrected chi connectivity index (χ4v) is 2.30. The van der Waals surface area contributed by atoms with E-state index in [0.29, 0.717) is 19.0 Å². The smallest absolute Gasteiger partial charge is 0.335 e. The summed E-state index contributed by atoms with van der Waals surface area (Å²) < 4.78 is 0. The lowest BCUT2D eigenvalue weighted by Gasteiger charge is -2.22. The Bertz CT molecular complexity index is 578. The second-order valence-electron chi connectivity index (χ2n) is 5.53. The van der Waals surface area contributed by atoms with Gasteiger partial charge in [0.1, 0.15) is 0 Å². The zero-order valence-electron chi connectivity index (χ0n) is 12.3. The van der Waals surface area contributed by atoms with Gasteiger partial charge in [0.2, 0.25) is 0 Å². The predicted octanol–water partition coefficient (Wildman–Crippen LogP) is 2.56. The number of carboxylic acid groups (broad SMARTS) is 1. The Kier molecular flexibility index (Phi) is 4.75. The molecule has 0 aromatic heterocycles. The predicted molar refractivity (Wildman–Crippen MR) is 79.0 cm³/mol. The van der Waals surface area contributed by atoms with Crippen LogP contribution in [-0.2, 0) is 0 Å². The molecule has 7 heteroatoms. The Morgan fingerprint density at radius 2 is 1.95 bits per heavy atom. The summed E-state index contributed by atoms with van der Waals surface area (Å²) in [6.07, 6.45) is 2.95. The van der Waals surface area contributed by atoms with Gasteiger partial charge in [-0.15, -0.1) is 0 Å². The summed E-state index contributed by atoms with van der Waals surface area (Å²) in [6, 6.07) is 3.31. The molecule has 1 aromatic rings. The van der Waals surface area contributed by atoms with E-state index < -0.39 is 10.9 Å². The van der Waals surface area contributed by atoms with Gasteiger partial charge >= 0.3 is 5.97 Å². The Labute approximate surface area is 127 Å². The van der Waals surface area contributed by atoms with Crippen molar-refractivity contribution in [3.05, 3.63) is 39.4 Å². The Hall–Kier alpha value is -2.44. The van der Waals surface area contributed by atoms with Crippen LogP contribution in [0.5, 0.6) is 0 Å². The molecule has 1 saturated carbocycles. The number of aromatic carboxylic acids is 1. The number of hydrogen-bond donors (Lipinski definition) is 1. The highest BCUT2D eigenvalue weighted by Gasteiger charge is 2.28. The van der Waals surface area contributed by atoms with Crippen LogP contribution in [0, 0.1) is 16.0 Å². The largest absolute Gasteiger partial charge is 0.478 e. The number of nitro benzene ring substituents is 1. The highest BCUT2D eigenvalue weighted by molar-refractivity contribution is 5.98. The molecule has 0 bridgehead atoms. The molecule has 2 rings (SSSR count). The summed E-state index contributed by atoms with van der Waals surface area (Å²) in [5.74, 6) is -1.14. The van der Waals surface area contributed by atoms with Crippen LogP contribution in [0.25, 0.3) is 0 Å². The molecule has 1 aromatic carbocycles. The van der Waals surface area contributed by atoms with Gasteiger partial charge in [0.05, 0.1) is 10.5 Å². The molecule has 1 N–H and O–H groups in total. The van der Waals surface area contributed by atoms with Gasteiger partial charge in [0, 0.05) is 30.8 Å². The minimum Gasteiger partial charge on any atom is -0.478 e. The zero-order chi connectivity index (χ0) is 16.3. The molecule has 1 aliphatic rings. The van der Waals surface area contributed by atoms with Crippen molar-refractivity contribution in [1.29, 1.82) is 0 Å². The maximum atomic E-state index is 12.6. The van der Waals surface area contributed by atoms with Gasteiger partial charge in [-0.3, -0.25) is 14.9 Å². The molecule has 22 heavy (non-hydrogen) atoms. The van der Waals surface area contributed by atoms with Gasteiger partial charge in [-0.05, 0) is 31.2 Å². The van der Waals surface area contributed by atoms with Crippen LogP contribution < -0.4 is 0 Å². The fraction of sp³-hybridized carbons (Fsp3) is 0.467. The SMILES string of the molecule is CCCN(CC1CC1)C(=O)c1cc(C(=O)O)cc([N+](=O)[O-])c1. The van der Waals surface area contributed by atoms with Gasteiger partial charge in [0.25, 0.3) is 11.6 Å². The number of carboxylic acids is 1. The maximum absolute atomic E-state index is 12.6. The van der Waals surface area contributed by atoms with Crippen LogP contribution in [0.3, 0.4) is 0 Å². The van der Waals surface area contributed by atoms with Gasteiger partial charge in [-0.2, -0.15) is 0 Å². The first-order chi connectivity index (χ1) is 10.4. The summed E-state index contributed by atoms with van der Waals surface area (Å²) in [4.78, 5) is 35.5. The third-order valence-corrected chi connectivity index (χ3v) is 3.58. The number of benzene rings is 1. The first-order valence-electron chi connectivity index (χ1n) is 7.24. The lowest BCUT2D eigenvalue weighted by Crippen LogP contribution is -2.33. The van der Waals surface area contributed by atoms with Crippen LogP contribution in [-0.4, -0.2) is 39.9 Å². The summed E-state index contributed by atoms with van der Waals surface area (Å²) in [6.45, 7) is 3.13. The molecule has 1 amide bonds. The topological polar surface area (TPSA) is 101 Å². The quantitative estimate of drug-likeness (QED) is 0.616. The lowest BCUT2D eigenvalue weighted by molar-refractivity contribution is -0.384. The first kappa shape index (κ1) is 15.9. The molecule has 7 nitrogen and oxygen atoms in total. The van der Waals surface area contributed by atoms with E-state index in [1.54, 1.807) is 4.90 Å². The van der Waals surface area contributed by atoms with Crippen molar-refractivity contribution in [2.75, 3.05) is 13.1 Å². The molecular formula is C15H18N2O5. The third kappa shape index (κ3) is 3.81. The average molecular weight is 306 g/mol. The number of amides is 1.